The van der Waals surface area contributed by atoms with Gasteiger partial charge in [-0.1, -0.05) is 23.2 Å². The Balaban J connectivity index is 1.99. The molecule has 0 saturated heterocycles. The fraction of sp³-hybridized carbons (Fsp3) is 0. The molecule has 3 aromatic rings. The second-order valence-corrected chi connectivity index (χ2v) is 4.97. The first kappa shape index (κ1) is 13.7. The zero-order valence-electron chi connectivity index (χ0n) is 10.5. The summed E-state index contributed by atoms with van der Waals surface area (Å²) in [6.07, 6.45) is 4.35. The first-order valence-corrected chi connectivity index (χ1v) is 6.73. The van der Waals surface area contributed by atoms with Crippen LogP contribution in [-0.2, 0) is 0 Å². The number of pyridine rings is 1. The molecule has 104 valence electrons. The Labute approximate surface area is 130 Å². The van der Waals surface area contributed by atoms with Gasteiger partial charge in [-0.05, 0) is 24.3 Å². The number of anilines is 1. The van der Waals surface area contributed by atoms with Gasteiger partial charge in [-0.2, -0.15) is 0 Å². The zero-order valence-corrected chi connectivity index (χ0v) is 12.1. The molecular weight excluding hydrogens is 311 g/mol. The number of nitrogens with one attached hydrogen (secondary N) is 1. The number of halogens is 2. The molecule has 0 saturated carbocycles. The Kier molecular flexibility index (Phi) is 3.68. The maximum absolute atomic E-state index is 12.2. The first-order chi connectivity index (χ1) is 10.1. The normalized spacial score (nSPS) is 10.6. The van der Waals surface area contributed by atoms with Gasteiger partial charge in [0.05, 0.1) is 28.6 Å². The highest BCUT2D eigenvalue weighted by atomic mass is 35.5. The third-order valence-corrected chi connectivity index (χ3v) is 3.29. The summed E-state index contributed by atoms with van der Waals surface area (Å²) in [7, 11) is 0. The molecule has 21 heavy (non-hydrogen) atoms. The molecule has 7 heteroatoms. The van der Waals surface area contributed by atoms with Crippen molar-refractivity contribution in [1.29, 1.82) is 0 Å². The van der Waals surface area contributed by atoms with Crippen molar-refractivity contribution in [2.24, 2.45) is 0 Å². The first-order valence-electron chi connectivity index (χ1n) is 5.97. The van der Waals surface area contributed by atoms with Gasteiger partial charge in [-0.3, -0.25) is 14.8 Å². The van der Waals surface area contributed by atoms with Crippen molar-refractivity contribution < 1.29 is 4.79 Å². The van der Waals surface area contributed by atoms with Crippen LogP contribution in [0.4, 0.5) is 5.69 Å². The minimum atomic E-state index is -0.405. The number of aromatic nitrogens is 3. The predicted molar refractivity (Wildman–Crippen MR) is 81.7 cm³/mol. The Hall–Kier alpha value is -2.24. The van der Waals surface area contributed by atoms with E-state index in [1.54, 1.807) is 24.4 Å². The lowest BCUT2D eigenvalue weighted by molar-refractivity contribution is 0.102. The summed E-state index contributed by atoms with van der Waals surface area (Å²) >= 11 is 11.8. The smallest absolute Gasteiger partial charge is 0.275 e. The highest BCUT2D eigenvalue weighted by molar-refractivity contribution is 6.35. The molecule has 0 aliphatic carbocycles. The molecule has 0 spiro atoms. The fourth-order valence-electron chi connectivity index (χ4n) is 1.89. The van der Waals surface area contributed by atoms with Gasteiger partial charge in [0.15, 0.2) is 0 Å². The third kappa shape index (κ3) is 2.79. The van der Waals surface area contributed by atoms with Gasteiger partial charge >= 0.3 is 0 Å². The summed E-state index contributed by atoms with van der Waals surface area (Å²) in [6, 6.07) is 6.99. The number of fused-ring (bicyclic) bond motifs is 1. The van der Waals surface area contributed by atoms with E-state index in [-0.39, 0.29) is 10.8 Å². The number of hydrogen-bond acceptors (Lipinski definition) is 4. The summed E-state index contributed by atoms with van der Waals surface area (Å²) in [4.78, 5) is 24.1. The van der Waals surface area contributed by atoms with E-state index in [1.807, 2.05) is 6.07 Å². The quantitative estimate of drug-likeness (QED) is 0.784. The van der Waals surface area contributed by atoms with Gasteiger partial charge in [-0.25, -0.2) is 4.98 Å². The standard InChI is InChI=1S/C14H8Cl2N4O/c15-9-3-4-10(8-2-1-5-18-13(8)9)20-14(21)11-6-17-7-12(16)19-11/h1-7H,(H,20,21). The summed E-state index contributed by atoms with van der Waals surface area (Å²) in [5.41, 5.74) is 1.35. The van der Waals surface area contributed by atoms with Crippen LogP contribution in [0.3, 0.4) is 0 Å². The lowest BCUT2D eigenvalue weighted by atomic mass is 10.2. The summed E-state index contributed by atoms with van der Waals surface area (Å²) in [5.74, 6) is -0.405. The minimum absolute atomic E-state index is 0.134. The van der Waals surface area contributed by atoms with E-state index in [9.17, 15) is 4.79 Å². The molecule has 0 radical (unpaired) electrons. The second kappa shape index (κ2) is 5.63. The average molecular weight is 319 g/mol. The molecule has 5 nitrogen and oxygen atoms in total. The lowest BCUT2D eigenvalue weighted by Gasteiger charge is -2.08. The molecular formula is C14H8Cl2N4O. The van der Waals surface area contributed by atoms with Crippen molar-refractivity contribution in [2.75, 3.05) is 5.32 Å². The van der Waals surface area contributed by atoms with E-state index in [2.05, 4.69) is 20.3 Å². The number of carbonyl (C=O) groups excluding carboxylic acids is 1. The molecule has 0 unspecified atom stereocenters. The number of nitrogens with zero attached hydrogens (tertiary/aromatic N) is 3. The topological polar surface area (TPSA) is 67.8 Å². The van der Waals surface area contributed by atoms with Crippen molar-refractivity contribution in [3.63, 3.8) is 0 Å². The SMILES string of the molecule is O=C(Nc1ccc(Cl)c2ncccc12)c1cncc(Cl)n1. The van der Waals surface area contributed by atoms with E-state index in [4.69, 9.17) is 23.2 Å². The Morgan fingerprint density at radius 3 is 2.81 bits per heavy atom. The lowest BCUT2D eigenvalue weighted by Crippen LogP contribution is -2.14. The highest BCUT2D eigenvalue weighted by Crippen LogP contribution is 2.28. The second-order valence-electron chi connectivity index (χ2n) is 4.18. The number of amides is 1. The van der Waals surface area contributed by atoms with Gasteiger partial charge in [0.2, 0.25) is 0 Å². The number of benzene rings is 1. The summed E-state index contributed by atoms with van der Waals surface area (Å²) < 4.78 is 0. The van der Waals surface area contributed by atoms with E-state index < -0.39 is 5.91 Å². The minimum Gasteiger partial charge on any atom is -0.320 e. The van der Waals surface area contributed by atoms with Crippen molar-refractivity contribution in [3.05, 3.63) is 58.7 Å². The Morgan fingerprint density at radius 2 is 2.00 bits per heavy atom. The van der Waals surface area contributed by atoms with Gasteiger partial charge in [-0.15, -0.1) is 0 Å². The largest absolute Gasteiger partial charge is 0.320 e. The van der Waals surface area contributed by atoms with Crippen LogP contribution in [-0.4, -0.2) is 20.9 Å². The van der Waals surface area contributed by atoms with Crippen LogP contribution in [0, 0.1) is 0 Å². The molecule has 1 N–H and O–H groups in total. The Bertz CT molecular complexity index is 838. The van der Waals surface area contributed by atoms with Crippen LogP contribution >= 0.6 is 23.2 Å². The predicted octanol–water partition coefficient (Wildman–Crippen LogP) is 3.58. The number of rotatable bonds is 2. The van der Waals surface area contributed by atoms with Crippen LogP contribution in [0.25, 0.3) is 10.9 Å². The van der Waals surface area contributed by atoms with E-state index in [0.717, 1.165) is 5.39 Å². The summed E-state index contributed by atoms with van der Waals surface area (Å²) in [6.45, 7) is 0. The Morgan fingerprint density at radius 1 is 1.14 bits per heavy atom. The molecule has 0 fully saturated rings. The molecule has 0 atom stereocenters. The van der Waals surface area contributed by atoms with Crippen molar-refractivity contribution >= 4 is 45.7 Å². The van der Waals surface area contributed by atoms with Crippen molar-refractivity contribution in [2.45, 2.75) is 0 Å². The zero-order chi connectivity index (χ0) is 14.8. The molecule has 2 aromatic heterocycles. The van der Waals surface area contributed by atoms with E-state index in [1.165, 1.54) is 12.4 Å². The van der Waals surface area contributed by atoms with Gasteiger partial charge < -0.3 is 5.32 Å². The van der Waals surface area contributed by atoms with E-state index >= 15 is 0 Å². The molecule has 2 heterocycles. The van der Waals surface area contributed by atoms with Crippen LogP contribution < -0.4 is 5.32 Å². The monoisotopic (exact) mass is 318 g/mol. The molecule has 0 bridgehead atoms. The molecule has 1 amide bonds. The molecule has 1 aromatic carbocycles. The fourth-order valence-corrected chi connectivity index (χ4v) is 2.25. The van der Waals surface area contributed by atoms with Gasteiger partial charge in [0.1, 0.15) is 10.8 Å². The molecule has 0 aliphatic heterocycles. The number of carbonyl (C=O) groups is 1. The van der Waals surface area contributed by atoms with E-state index in [0.29, 0.717) is 16.2 Å². The van der Waals surface area contributed by atoms with Crippen LogP contribution in [0.1, 0.15) is 10.5 Å². The molecule has 0 aliphatic rings. The number of hydrogen-bond donors (Lipinski definition) is 1. The maximum atomic E-state index is 12.2. The average Bonchev–Trinajstić information content (AvgIpc) is 2.50. The highest BCUT2D eigenvalue weighted by Gasteiger charge is 2.12. The summed E-state index contributed by atoms with van der Waals surface area (Å²) in [5, 5.41) is 4.18. The van der Waals surface area contributed by atoms with Gasteiger partial charge in [0.25, 0.3) is 5.91 Å². The van der Waals surface area contributed by atoms with Crippen LogP contribution in [0.5, 0.6) is 0 Å². The van der Waals surface area contributed by atoms with Gasteiger partial charge in [0, 0.05) is 11.6 Å². The molecule has 3 rings (SSSR count). The van der Waals surface area contributed by atoms with Crippen LogP contribution in [0.15, 0.2) is 42.9 Å². The van der Waals surface area contributed by atoms with Crippen molar-refractivity contribution in [1.82, 2.24) is 15.0 Å². The third-order valence-electron chi connectivity index (χ3n) is 2.81. The van der Waals surface area contributed by atoms with Crippen LogP contribution in [0.2, 0.25) is 10.2 Å². The van der Waals surface area contributed by atoms with Crippen molar-refractivity contribution in [3.8, 4) is 0 Å². The maximum Gasteiger partial charge on any atom is 0.275 e.